The van der Waals surface area contributed by atoms with Crippen LogP contribution in [0.1, 0.15) is 1.43 Å². The molecule has 0 aromatic carbocycles. The van der Waals surface area contributed by atoms with E-state index in [2.05, 4.69) is 0 Å². The molecule has 4 heavy (non-hydrogen) atoms. The molecule has 4 heteroatoms. The van der Waals surface area contributed by atoms with Crippen LogP contribution in [-0.4, -0.2) is 22.8 Å². The van der Waals surface area contributed by atoms with E-state index < -0.39 is 0 Å². The van der Waals surface area contributed by atoms with Gasteiger partial charge in [-0.15, -0.1) is 12.4 Å². The van der Waals surface area contributed by atoms with E-state index in [-0.39, 0.29) is 55.5 Å². The summed E-state index contributed by atoms with van der Waals surface area (Å²) in [5.74, 6) is 0. The largest absolute Gasteiger partial charge is 1.00 e. The van der Waals surface area contributed by atoms with Crippen LogP contribution < -0.4 is 18.9 Å². The van der Waals surface area contributed by atoms with Gasteiger partial charge in [0.15, 0.2) is 17.4 Å². The molecule has 0 heterocycles. The second kappa shape index (κ2) is 26.3. The molecule has 0 saturated carbocycles. The fraction of sp³-hybridized carbons (Fsp3) is 0. The first kappa shape index (κ1) is 54.2. The molecule has 1 nitrogen and oxygen atoms in total. The van der Waals surface area contributed by atoms with Crippen LogP contribution in [0, 0.1) is 0 Å². The van der Waals surface area contributed by atoms with Crippen LogP contribution in [0.15, 0.2) is 0 Å². The summed E-state index contributed by atoms with van der Waals surface area (Å²) < 4.78 is 0. The Bertz CT molecular complexity index is 11.6. The number of hydrogen-bond acceptors (Lipinski definition) is 0. The van der Waals surface area contributed by atoms with Crippen molar-refractivity contribution in [2.45, 2.75) is 0 Å². The predicted molar refractivity (Wildman–Crippen MR) is 21.9 cm³/mol. The molecule has 24 valence electrons. The molecule has 0 aliphatic carbocycles. The summed E-state index contributed by atoms with van der Waals surface area (Å²) in [6.07, 6.45) is 0. The van der Waals surface area contributed by atoms with Crippen LogP contribution in [0.3, 0.4) is 0 Å². The van der Waals surface area contributed by atoms with E-state index in [4.69, 9.17) is 0 Å². The van der Waals surface area contributed by atoms with Gasteiger partial charge in [-0.3, -0.25) is 0 Å². The molecule has 0 radical (unpaired) electrons. The Morgan fingerprint density at radius 1 is 1.25 bits per heavy atom. The van der Waals surface area contributed by atoms with Gasteiger partial charge in [0.25, 0.3) is 0 Å². The quantitative estimate of drug-likeness (QED) is 0.270. The molecule has 2 N–H and O–H groups in total. The number of halogens is 1. The van der Waals surface area contributed by atoms with Gasteiger partial charge in [-0.1, -0.05) is 0 Å². The Kier molecular flexibility index (Phi) is 356. The van der Waals surface area contributed by atoms with Crippen molar-refractivity contribution in [3.05, 3.63) is 0 Å². The van der Waals surface area contributed by atoms with Crippen LogP contribution in [0.5, 0.6) is 0 Å². The maximum absolute atomic E-state index is 0. The van der Waals surface area contributed by atoms with Gasteiger partial charge >= 0.3 is 18.9 Å². The van der Waals surface area contributed by atoms with E-state index in [0.717, 1.165) is 0 Å². The molecule has 0 fully saturated rings. The van der Waals surface area contributed by atoms with Crippen molar-refractivity contribution in [1.82, 2.24) is 0 Å². The summed E-state index contributed by atoms with van der Waals surface area (Å²) in [6.45, 7) is 0. The van der Waals surface area contributed by atoms with Crippen molar-refractivity contribution in [1.29, 1.82) is 0 Å². The minimum Gasteiger partial charge on any atom is -1.00 e. The van der Waals surface area contributed by atoms with E-state index in [1.54, 1.807) is 0 Å². The van der Waals surface area contributed by atoms with Gasteiger partial charge in [-0.2, -0.15) is 0 Å². The van der Waals surface area contributed by atoms with Crippen molar-refractivity contribution in [3.63, 3.8) is 0 Å². The first-order chi connectivity index (χ1) is 0. The molecule has 0 aromatic heterocycles. The van der Waals surface area contributed by atoms with Crippen LogP contribution in [0.4, 0.5) is 0 Å². The fourth-order valence-corrected chi connectivity index (χ4v) is 0. The minimum atomic E-state index is 0. The van der Waals surface area contributed by atoms with Gasteiger partial charge < -0.3 is 6.90 Å². The molecule has 0 atom stereocenters. The SMILES string of the molecule is Cl.O.[AlH3].[H-].[Li+]. The maximum Gasteiger partial charge on any atom is 1.00 e. The zero-order valence-electron chi connectivity index (χ0n) is 2.91. The van der Waals surface area contributed by atoms with Crippen LogP contribution in [-0.2, 0) is 0 Å². The maximum atomic E-state index is 0. The molecular formula is H7AlClLiO. The summed E-state index contributed by atoms with van der Waals surface area (Å²) in [7, 11) is 0. The molecular weight excluding hydrogens is 85.4 g/mol. The summed E-state index contributed by atoms with van der Waals surface area (Å²) in [4.78, 5) is 0. The molecule has 0 aliphatic rings. The van der Waals surface area contributed by atoms with Crippen molar-refractivity contribution in [3.8, 4) is 0 Å². The van der Waals surface area contributed by atoms with E-state index in [9.17, 15) is 0 Å². The summed E-state index contributed by atoms with van der Waals surface area (Å²) in [5.41, 5.74) is 0. The molecule has 0 spiro atoms. The van der Waals surface area contributed by atoms with Crippen molar-refractivity contribution in [2.24, 2.45) is 0 Å². The first-order valence-electron chi connectivity index (χ1n) is 0. The molecule has 0 rings (SSSR count). The average molecular weight is 92.4 g/mol. The van der Waals surface area contributed by atoms with E-state index in [0.29, 0.717) is 0 Å². The zero-order chi connectivity index (χ0) is 0. The van der Waals surface area contributed by atoms with Crippen LogP contribution >= 0.6 is 12.4 Å². The van der Waals surface area contributed by atoms with Gasteiger partial charge in [0.05, 0.1) is 0 Å². The van der Waals surface area contributed by atoms with E-state index in [1.165, 1.54) is 0 Å². The molecule has 0 saturated heterocycles. The van der Waals surface area contributed by atoms with Crippen molar-refractivity contribution in [2.75, 3.05) is 0 Å². The van der Waals surface area contributed by atoms with Crippen molar-refractivity contribution >= 4 is 29.8 Å². The topological polar surface area (TPSA) is 31.5 Å². The van der Waals surface area contributed by atoms with E-state index in [1.807, 2.05) is 0 Å². The van der Waals surface area contributed by atoms with Gasteiger partial charge in [0, 0.05) is 0 Å². The third kappa shape index (κ3) is 10.1. The fourth-order valence-electron chi connectivity index (χ4n) is 0. The van der Waals surface area contributed by atoms with Gasteiger partial charge in [-0.25, -0.2) is 0 Å². The Balaban J connectivity index is 0. The normalized spacial score (nSPS) is 0. The monoisotopic (exact) mass is 92.0 g/mol. The van der Waals surface area contributed by atoms with Crippen LogP contribution in [0.25, 0.3) is 0 Å². The smallest absolute Gasteiger partial charge is 1.00 e. The van der Waals surface area contributed by atoms with Gasteiger partial charge in [0.2, 0.25) is 0 Å². The van der Waals surface area contributed by atoms with Gasteiger partial charge in [-0.05, 0) is 0 Å². The third-order valence-corrected chi connectivity index (χ3v) is 0. The molecule has 0 bridgehead atoms. The Morgan fingerprint density at radius 2 is 1.25 bits per heavy atom. The number of hydrogen-bond donors (Lipinski definition) is 0. The average Bonchev–Trinajstić information content (AvgIpc) is 0. The Hall–Kier alpha value is 1.38. The number of rotatable bonds is 0. The molecule has 0 unspecified atom stereocenters. The summed E-state index contributed by atoms with van der Waals surface area (Å²) in [6, 6.07) is 0. The van der Waals surface area contributed by atoms with Crippen molar-refractivity contribution < 1.29 is 25.8 Å². The minimum absolute atomic E-state index is 0. The Morgan fingerprint density at radius 3 is 1.25 bits per heavy atom. The third-order valence-electron chi connectivity index (χ3n) is 0. The molecule has 0 aromatic rings. The standard InChI is InChI=1S/Al.ClH.Li.H2O.4H/h;1H;;1H2;;;;/q;;+1;;;;;-1. The molecule has 0 amide bonds. The second-order valence-corrected chi connectivity index (χ2v) is 0. The Labute approximate surface area is 55.7 Å². The zero-order valence-corrected chi connectivity index (χ0v) is 2.72. The summed E-state index contributed by atoms with van der Waals surface area (Å²) >= 11 is 0. The summed E-state index contributed by atoms with van der Waals surface area (Å²) in [5, 5.41) is 0. The first-order valence-corrected chi connectivity index (χ1v) is 0. The van der Waals surface area contributed by atoms with Gasteiger partial charge in [0.1, 0.15) is 0 Å². The second-order valence-electron chi connectivity index (χ2n) is 0. The van der Waals surface area contributed by atoms with Crippen LogP contribution in [0.2, 0.25) is 0 Å². The van der Waals surface area contributed by atoms with E-state index >= 15 is 0 Å². The predicted octanol–water partition coefficient (Wildman–Crippen LogP) is -4.47. The molecule has 0 aliphatic heterocycles.